The van der Waals surface area contributed by atoms with E-state index in [1.54, 1.807) is 0 Å². The number of halogens is 5. The Bertz CT molecular complexity index is 915. The molecule has 2 amide bonds. The van der Waals surface area contributed by atoms with E-state index in [-0.39, 0.29) is 84.6 Å². The maximum atomic E-state index is 13.8. The zero-order chi connectivity index (χ0) is 21.6. The number of fused-ring (bicyclic) bond motifs is 5. The maximum absolute atomic E-state index is 13.8. The van der Waals surface area contributed by atoms with Gasteiger partial charge in [0.2, 0.25) is 11.8 Å². The predicted octanol–water partition coefficient (Wildman–Crippen LogP) is 2.33. The first-order chi connectivity index (χ1) is 14.3. The molecule has 3 aliphatic rings. The van der Waals surface area contributed by atoms with Crippen LogP contribution in [0.1, 0.15) is 12.0 Å². The Morgan fingerprint density at radius 2 is 1.58 bits per heavy atom. The summed E-state index contributed by atoms with van der Waals surface area (Å²) in [5.41, 5.74) is -0.795. The first-order valence-electron chi connectivity index (χ1n) is 9.63. The monoisotopic (exact) mass is 552 g/mol. The Morgan fingerprint density at radius 1 is 1.03 bits per heavy atom. The molecule has 2 N–H and O–H groups in total. The number of aliphatic imine (C=N–C) groups is 1. The van der Waals surface area contributed by atoms with Crippen molar-refractivity contribution < 1.29 is 27.2 Å². The number of hydrogen-bond acceptors (Lipinski definition) is 3. The van der Waals surface area contributed by atoms with Gasteiger partial charge in [0.15, 0.2) is 29.2 Å². The summed E-state index contributed by atoms with van der Waals surface area (Å²) in [6, 6.07) is 0.141. The quantitative estimate of drug-likeness (QED) is 0.112. The molecular weight excluding hydrogens is 531 g/mol. The molecule has 0 aromatic heterocycles. The van der Waals surface area contributed by atoms with Gasteiger partial charge >= 0.3 is 0 Å². The van der Waals surface area contributed by atoms with Gasteiger partial charge in [-0.1, -0.05) is 12.2 Å². The average Bonchev–Trinajstić information content (AvgIpc) is 3.40. The van der Waals surface area contributed by atoms with E-state index >= 15 is 0 Å². The standard InChI is InChI=1S/C20H20F4N4O2.HI/c1-25-20(27-8-11-16(23)12(21)7-13(22)17(11)24)26-4-5-28-18(29)14-9-2-3-10(6-9)15(14)19(28)30;/h2-3,7,9-10,14-15H,4-6,8H2,1H3,(H2,25,26,27);1H. The molecule has 0 radical (unpaired) electrons. The number of guanidine groups is 1. The van der Waals surface area contributed by atoms with E-state index in [1.165, 1.54) is 11.9 Å². The lowest BCUT2D eigenvalue weighted by molar-refractivity contribution is -0.140. The van der Waals surface area contributed by atoms with Crippen LogP contribution in [-0.4, -0.2) is 42.8 Å². The molecule has 0 spiro atoms. The van der Waals surface area contributed by atoms with Crippen molar-refractivity contribution >= 4 is 41.8 Å². The topological polar surface area (TPSA) is 73.8 Å². The number of nitrogens with one attached hydrogen (secondary N) is 2. The summed E-state index contributed by atoms with van der Waals surface area (Å²) in [4.78, 5) is 30.4. The lowest BCUT2D eigenvalue weighted by atomic mass is 9.85. The van der Waals surface area contributed by atoms with Gasteiger partial charge in [0.1, 0.15) is 0 Å². The molecule has 2 fully saturated rings. The average molecular weight is 552 g/mol. The number of allylic oxidation sites excluding steroid dienone is 2. The van der Waals surface area contributed by atoms with E-state index in [2.05, 4.69) is 15.6 Å². The highest BCUT2D eigenvalue weighted by Crippen LogP contribution is 2.52. The van der Waals surface area contributed by atoms with Gasteiger partial charge in [-0.05, 0) is 18.3 Å². The highest BCUT2D eigenvalue weighted by Gasteiger charge is 2.58. The van der Waals surface area contributed by atoms with Crippen LogP contribution in [0, 0.1) is 46.9 Å². The van der Waals surface area contributed by atoms with E-state index < -0.39 is 35.4 Å². The molecular formula is C20H21F4IN4O2. The number of benzene rings is 1. The van der Waals surface area contributed by atoms with Gasteiger partial charge in [-0.3, -0.25) is 19.5 Å². The fourth-order valence-corrected chi connectivity index (χ4v) is 4.64. The third kappa shape index (κ3) is 4.03. The van der Waals surface area contributed by atoms with Crippen LogP contribution >= 0.6 is 24.0 Å². The van der Waals surface area contributed by atoms with Crippen LogP contribution < -0.4 is 10.6 Å². The molecule has 4 rings (SSSR count). The maximum Gasteiger partial charge on any atom is 0.233 e. The fourth-order valence-electron chi connectivity index (χ4n) is 4.64. The highest BCUT2D eigenvalue weighted by atomic mass is 127. The molecule has 1 aromatic rings. The molecule has 1 aliphatic heterocycles. The SMILES string of the molecule is CN=C(NCCN1C(=O)C2C3C=CC(C3)C2C1=O)NCc1c(F)c(F)cc(F)c1F.I. The van der Waals surface area contributed by atoms with E-state index in [0.29, 0.717) is 0 Å². The second kappa shape index (κ2) is 9.13. The molecule has 4 atom stereocenters. The Morgan fingerprint density at radius 3 is 2.10 bits per heavy atom. The van der Waals surface area contributed by atoms with E-state index in [1.807, 2.05) is 12.2 Å². The minimum absolute atomic E-state index is 0. The number of carbonyl (C=O) groups excluding carboxylic acids is 2. The number of nitrogens with zero attached hydrogens (tertiary/aromatic N) is 2. The van der Waals surface area contributed by atoms with Crippen LogP contribution in [-0.2, 0) is 16.1 Å². The molecule has 1 saturated heterocycles. The Balaban J connectivity index is 0.00000272. The zero-order valence-electron chi connectivity index (χ0n) is 16.5. The van der Waals surface area contributed by atoms with Crippen LogP contribution in [0.2, 0.25) is 0 Å². The summed E-state index contributed by atoms with van der Waals surface area (Å²) in [6.07, 6.45) is 4.87. The van der Waals surface area contributed by atoms with Crippen molar-refractivity contribution in [2.24, 2.45) is 28.7 Å². The number of rotatable bonds is 5. The van der Waals surface area contributed by atoms with Crippen molar-refractivity contribution in [3.8, 4) is 0 Å². The molecule has 4 unspecified atom stereocenters. The third-order valence-corrected chi connectivity index (χ3v) is 6.05. The summed E-state index contributed by atoms with van der Waals surface area (Å²) in [5.74, 6) is -6.52. The molecule has 1 aromatic carbocycles. The summed E-state index contributed by atoms with van der Waals surface area (Å²) in [6.45, 7) is -0.281. The third-order valence-electron chi connectivity index (χ3n) is 6.05. The van der Waals surface area contributed by atoms with Gasteiger partial charge in [0, 0.05) is 38.3 Å². The number of amides is 2. The molecule has 11 heteroatoms. The highest BCUT2D eigenvalue weighted by molar-refractivity contribution is 14.0. The molecule has 31 heavy (non-hydrogen) atoms. The number of likely N-dealkylation sites (tertiary alicyclic amines) is 1. The number of hydrogen-bond donors (Lipinski definition) is 2. The van der Waals surface area contributed by atoms with Gasteiger partial charge in [-0.15, -0.1) is 24.0 Å². The minimum atomic E-state index is -1.49. The normalized spacial score (nSPS) is 26.4. The van der Waals surface area contributed by atoms with Crippen molar-refractivity contribution in [2.75, 3.05) is 20.1 Å². The molecule has 2 bridgehead atoms. The molecule has 6 nitrogen and oxygen atoms in total. The van der Waals surface area contributed by atoms with Crippen LogP contribution in [0.15, 0.2) is 23.2 Å². The summed E-state index contributed by atoms with van der Waals surface area (Å²) < 4.78 is 54.1. The van der Waals surface area contributed by atoms with E-state index in [0.717, 1.165) is 6.42 Å². The van der Waals surface area contributed by atoms with Crippen molar-refractivity contribution in [1.29, 1.82) is 0 Å². The number of carbonyl (C=O) groups is 2. The zero-order valence-corrected chi connectivity index (χ0v) is 18.8. The van der Waals surface area contributed by atoms with Crippen molar-refractivity contribution in [3.05, 3.63) is 47.1 Å². The lowest BCUT2D eigenvalue weighted by Crippen LogP contribution is -2.43. The van der Waals surface area contributed by atoms with Crippen molar-refractivity contribution in [2.45, 2.75) is 13.0 Å². The smallest absolute Gasteiger partial charge is 0.233 e. The second-order valence-electron chi connectivity index (χ2n) is 7.63. The van der Waals surface area contributed by atoms with E-state index in [4.69, 9.17) is 0 Å². The number of imide groups is 1. The van der Waals surface area contributed by atoms with Crippen LogP contribution in [0.3, 0.4) is 0 Å². The Labute approximate surface area is 193 Å². The van der Waals surface area contributed by atoms with Crippen LogP contribution in [0.4, 0.5) is 17.6 Å². The van der Waals surface area contributed by atoms with Crippen LogP contribution in [0.25, 0.3) is 0 Å². The first kappa shape index (κ1) is 23.5. The van der Waals surface area contributed by atoms with Gasteiger partial charge in [-0.2, -0.15) is 0 Å². The van der Waals surface area contributed by atoms with Gasteiger partial charge < -0.3 is 10.6 Å². The summed E-state index contributed by atoms with van der Waals surface area (Å²) >= 11 is 0. The molecule has 2 aliphatic carbocycles. The summed E-state index contributed by atoms with van der Waals surface area (Å²) in [7, 11) is 1.40. The Kier molecular flexibility index (Phi) is 6.92. The van der Waals surface area contributed by atoms with Gasteiger partial charge in [0.05, 0.1) is 11.8 Å². The largest absolute Gasteiger partial charge is 0.355 e. The lowest BCUT2D eigenvalue weighted by Gasteiger charge is -2.19. The first-order valence-corrected chi connectivity index (χ1v) is 9.63. The minimum Gasteiger partial charge on any atom is -0.355 e. The second-order valence-corrected chi connectivity index (χ2v) is 7.63. The van der Waals surface area contributed by atoms with E-state index in [9.17, 15) is 27.2 Å². The molecule has 1 saturated carbocycles. The van der Waals surface area contributed by atoms with Crippen LogP contribution in [0.5, 0.6) is 0 Å². The van der Waals surface area contributed by atoms with Crippen molar-refractivity contribution in [1.82, 2.24) is 15.5 Å². The van der Waals surface area contributed by atoms with Gasteiger partial charge in [-0.25, -0.2) is 17.6 Å². The molecule has 1 heterocycles. The molecule has 168 valence electrons. The predicted molar refractivity (Wildman–Crippen MR) is 114 cm³/mol. The van der Waals surface area contributed by atoms with Gasteiger partial charge in [0.25, 0.3) is 0 Å². The van der Waals surface area contributed by atoms with Crippen molar-refractivity contribution in [3.63, 3.8) is 0 Å². The Hall–Kier alpha value is -2.18. The summed E-state index contributed by atoms with van der Waals surface area (Å²) in [5, 5.41) is 5.39. The fraction of sp³-hybridized carbons (Fsp3) is 0.450.